The molecule has 0 aliphatic carbocycles. The van der Waals surface area contributed by atoms with Crippen LogP contribution in [0, 0.1) is 0 Å². The number of fused-ring (bicyclic) bond motifs is 2. The first-order chi connectivity index (χ1) is 13.9. The Bertz CT molecular complexity index is 1100. The Balaban J connectivity index is 1.80. The molecule has 0 saturated heterocycles. The van der Waals surface area contributed by atoms with Gasteiger partial charge in [-0.2, -0.15) is 5.10 Å². The van der Waals surface area contributed by atoms with Crippen LogP contribution < -0.4 is 9.91 Å². The lowest BCUT2D eigenvalue weighted by Gasteiger charge is -2.23. The number of nitrogens with zero attached hydrogens (tertiary/aromatic N) is 3. The van der Waals surface area contributed by atoms with Crippen LogP contribution in [0.1, 0.15) is 20.8 Å². The maximum atomic E-state index is 11.8. The average molecular weight is 422 g/mol. The Morgan fingerprint density at radius 3 is 1.97 bits per heavy atom. The van der Waals surface area contributed by atoms with Crippen molar-refractivity contribution in [3.05, 3.63) is 70.7 Å². The van der Waals surface area contributed by atoms with Crippen LogP contribution in [0.15, 0.2) is 85.6 Å². The summed E-state index contributed by atoms with van der Waals surface area (Å²) >= 11 is 3.07. The van der Waals surface area contributed by atoms with Crippen molar-refractivity contribution in [2.45, 2.75) is 30.6 Å². The lowest BCUT2D eigenvalue weighted by atomic mass is 10.3. The van der Waals surface area contributed by atoms with E-state index >= 15 is 0 Å². The fourth-order valence-corrected chi connectivity index (χ4v) is 5.42. The number of allylic oxidation sites excluding steroid dienone is 2. The number of carbonyl (C=O) groups is 2. The predicted octanol–water partition coefficient (Wildman–Crippen LogP) is 5.41. The summed E-state index contributed by atoms with van der Waals surface area (Å²) in [6, 6.07) is 15.9. The fourth-order valence-electron chi connectivity index (χ4n) is 3.16. The van der Waals surface area contributed by atoms with Crippen molar-refractivity contribution in [3.63, 3.8) is 0 Å². The van der Waals surface area contributed by atoms with Crippen LogP contribution in [0.2, 0.25) is 0 Å². The van der Waals surface area contributed by atoms with Gasteiger partial charge in [-0.1, -0.05) is 47.8 Å². The molecular weight excluding hydrogens is 402 g/mol. The van der Waals surface area contributed by atoms with Crippen LogP contribution in [-0.2, 0) is 9.59 Å². The molecule has 0 amide bonds. The summed E-state index contributed by atoms with van der Waals surface area (Å²) in [6.07, 6.45) is 3.23. The van der Waals surface area contributed by atoms with E-state index in [0.717, 1.165) is 31.2 Å². The Labute approximate surface area is 178 Å². The van der Waals surface area contributed by atoms with Crippen molar-refractivity contribution in [3.8, 4) is 0 Å². The number of benzene rings is 2. The van der Waals surface area contributed by atoms with Crippen LogP contribution in [0.5, 0.6) is 0 Å². The van der Waals surface area contributed by atoms with Crippen LogP contribution in [0.25, 0.3) is 0 Å². The molecule has 2 aromatic rings. The highest BCUT2D eigenvalue weighted by Crippen LogP contribution is 2.48. The minimum Gasteiger partial charge on any atom is -0.295 e. The van der Waals surface area contributed by atoms with Crippen molar-refractivity contribution in [1.82, 2.24) is 0 Å². The number of hydrogen-bond acceptors (Lipinski definition) is 6. The molecule has 0 unspecified atom stereocenters. The molecule has 0 radical (unpaired) electrons. The Hall–Kier alpha value is -2.77. The van der Waals surface area contributed by atoms with E-state index in [9.17, 15) is 9.59 Å². The van der Waals surface area contributed by atoms with E-state index in [4.69, 9.17) is 5.10 Å². The lowest BCUT2D eigenvalue weighted by Crippen LogP contribution is -2.27. The number of hydrogen-bond donors (Lipinski definition) is 0. The van der Waals surface area contributed by atoms with Gasteiger partial charge in [0, 0.05) is 21.9 Å². The first-order valence-corrected chi connectivity index (χ1v) is 10.7. The van der Waals surface area contributed by atoms with E-state index in [1.165, 1.54) is 18.7 Å². The van der Waals surface area contributed by atoms with Gasteiger partial charge in [-0.15, -0.1) is 0 Å². The van der Waals surface area contributed by atoms with Crippen molar-refractivity contribution in [1.29, 1.82) is 0 Å². The van der Waals surface area contributed by atoms with Crippen molar-refractivity contribution >= 4 is 52.3 Å². The first kappa shape index (κ1) is 19.5. The second kappa shape index (κ2) is 7.93. The molecule has 29 heavy (non-hydrogen) atoms. The fraction of sp³-hybridized carbons (Fsp3) is 0.136. The number of para-hydroxylation sites is 2. The van der Waals surface area contributed by atoms with Crippen molar-refractivity contribution < 1.29 is 9.59 Å². The lowest BCUT2D eigenvalue weighted by molar-refractivity contribution is -0.113. The van der Waals surface area contributed by atoms with E-state index in [2.05, 4.69) is 0 Å². The van der Waals surface area contributed by atoms with Gasteiger partial charge in [0.15, 0.2) is 11.6 Å². The summed E-state index contributed by atoms with van der Waals surface area (Å²) in [4.78, 5) is 27.6. The maximum Gasteiger partial charge on any atom is 0.155 e. The van der Waals surface area contributed by atoms with E-state index < -0.39 is 0 Å². The molecule has 0 N–H and O–H groups in total. The SMILES string of the molecule is CC(=O)/C=C1/Sc2ccccc2N1N=C(C)N1/C(=C\C(C)=O)Sc2ccccc21. The summed E-state index contributed by atoms with van der Waals surface area (Å²) in [5.41, 5.74) is 1.92. The number of carbonyl (C=O) groups excluding carboxylic acids is 2. The second-order valence-electron chi connectivity index (χ2n) is 6.62. The normalized spacial score (nSPS) is 18.4. The number of thioether (sulfide) groups is 2. The largest absolute Gasteiger partial charge is 0.295 e. The number of rotatable bonds is 3. The molecular formula is C22H19N3O2S2. The van der Waals surface area contributed by atoms with E-state index in [1.54, 1.807) is 35.8 Å². The van der Waals surface area contributed by atoms with Gasteiger partial charge in [0.25, 0.3) is 0 Å². The molecule has 7 heteroatoms. The number of anilines is 2. The molecule has 2 aromatic carbocycles. The standard InChI is InChI=1S/C22H19N3O2S2/c1-14(26)12-21-24(17-8-4-6-10-19(17)28-21)16(3)23-25-18-9-5-7-11-20(18)29-22(25)13-15(2)27/h4-13H,1-3H3/b21-12+,22-13+,23-16?. The third-order valence-corrected chi connectivity index (χ3v) is 6.42. The van der Waals surface area contributed by atoms with Gasteiger partial charge in [0.2, 0.25) is 0 Å². The van der Waals surface area contributed by atoms with Gasteiger partial charge in [-0.25, -0.2) is 5.01 Å². The summed E-state index contributed by atoms with van der Waals surface area (Å²) in [5.74, 6) is 0.663. The van der Waals surface area contributed by atoms with Gasteiger partial charge in [0.05, 0.1) is 16.4 Å². The van der Waals surface area contributed by atoms with Gasteiger partial charge in [-0.05, 0) is 45.0 Å². The molecule has 2 aliphatic rings. The minimum absolute atomic E-state index is 0.0163. The van der Waals surface area contributed by atoms with Crippen LogP contribution >= 0.6 is 23.5 Å². The molecule has 0 aromatic heterocycles. The molecule has 0 fully saturated rings. The molecule has 0 atom stereocenters. The van der Waals surface area contributed by atoms with Gasteiger partial charge in [-0.3, -0.25) is 14.5 Å². The smallest absolute Gasteiger partial charge is 0.155 e. The van der Waals surface area contributed by atoms with Crippen LogP contribution in [0.3, 0.4) is 0 Å². The molecule has 2 heterocycles. The van der Waals surface area contributed by atoms with Gasteiger partial charge >= 0.3 is 0 Å². The number of hydrazone groups is 1. The number of amidine groups is 1. The predicted molar refractivity (Wildman–Crippen MR) is 120 cm³/mol. The Morgan fingerprint density at radius 2 is 1.31 bits per heavy atom. The zero-order chi connectivity index (χ0) is 20.5. The summed E-state index contributed by atoms with van der Waals surface area (Å²) in [7, 11) is 0. The highest BCUT2D eigenvalue weighted by atomic mass is 32.2. The average Bonchev–Trinajstić information content (AvgIpc) is 3.18. The molecule has 0 bridgehead atoms. The van der Waals surface area contributed by atoms with Crippen LogP contribution in [0.4, 0.5) is 11.4 Å². The molecule has 146 valence electrons. The number of ketones is 2. The molecule has 2 aliphatic heterocycles. The van der Waals surface area contributed by atoms with E-state index in [0.29, 0.717) is 5.84 Å². The quantitative estimate of drug-likeness (QED) is 0.375. The Morgan fingerprint density at radius 1 is 0.793 bits per heavy atom. The van der Waals surface area contributed by atoms with Gasteiger partial charge < -0.3 is 0 Å². The van der Waals surface area contributed by atoms with Gasteiger partial charge in [0.1, 0.15) is 10.9 Å². The highest BCUT2D eigenvalue weighted by molar-refractivity contribution is 8.04. The summed E-state index contributed by atoms with van der Waals surface area (Å²) in [6.45, 7) is 4.99. The topological polar surface area (TPSA) is 53.0 Å². The van der Waals surface area contributed by atoms with Crippen LogP contribution in [-0.4, -0.2) is 17.4 Å². The Kier molecular flexibility index (Phi) is 5.34. The third-order valence-electron chi connectivity index (χ3n) is 4.28. The first-order valence-electron chi connectivity index (χ1n) is 9.08. The zero-order valence-corrected chi connectivity index (χ0v) is 17.9. The highest BCUT2D eigenvalue weighted by Gasteiger charge is 2.30. The zero-order valence-electron chi connectivity index (χ0n) is 16.2. The summed E-state index contributed by atoms with van der Waals surface area (Å²) < 4.78 is 0. The maximum absolute atomic E-state index is 11.8. The van der Waals surface area contributed by atoms with Crippen molar-refractivity contribution in [2.75, 3.05) is 9.91 Å². The summed E-state index contributed by atoms with van der Waals surface area (Å²) in [5, 5.41) is 8.24. The van der Waals surface area contributed by atoms with Crippen molar-refractivity contribution in [2.24, 2.45) is 5.10 Å². The molecule has 4 rings (SSSR count). The second-order valence-corrected chi connectivity index (χ2v) is 8.74. The van der Waals surface area contributed by atoms with E-state index in [-0.39, 0.29) is 11.6 Å². The molecule has 5 nitrogen and oxygen atoms in total. The molecule has 0 saturated carbocycles. The molecule has 0 spiro atoms. The monoisotopic (exact) mass is 421 g/mol. The minimum atomic E-state index is -0.0302. The van der Waals surface area contributed by atoms with E-state index in [1.807, 2.05) is 60.4 Å². The third kappa shape index (κ3) is 3.88.